The predicted octanol–water partition coefficient (Wildman–Crippen LogP) is 3.32. The van der Waals surface area contributed by atoms with Crippen LogP contribution in [0.15, 0.2) is 24.3 Å². The Balaban J connectivity index is 1.80. The van der Waals surface area contributed by atoms with E-state index in [1.54, 1.807) is 0 Å². The van der Waals surface area contributed by atoms with Crippen molar-refractivity contribution < 1.29 is 4.79 Å². The molecule has 1 amide bonds. The summed E-state index contributed by atoms with van der Waals surface area (Å²) in [6.07, 6.45) is 2.22. The summed E-state index contributed by atoms with van der Waals surface area (Å²) >= 11 is 12.7. The number of carbonyl (C=O) groups excluding carboxylic acids is 1. The van der Waals surface area contributed by atoms with Crippen molar-refractivity contribution in [3.8, 4) is 0 Å². The number of hydrogen-bond acceptors (Lipinski definition) is 3. The molecule has 0 unspecified atom stereocenters. The van der Waals surface area contributed by atoms with Crippen molar-refractivity contribution in [3.05, 3.63) is 34.2 Å². The van der Waals surface area contributed by atoms with Gasteiger partial charge in [0.25, 0.3) is 5.91 Å². The summed E-state index contributed by atoms with van der Waals surface area (Å²) in [4.78, 5) is 12.6. The number of benzene rings is 1. The van der Waals surface area contributed by atoms with E-state index in [1.165, 1.54) is 11.3 Å². The number of carbonyl (C=O) groups is 1. The zero-order valence-electron chi connectivity index (χ0n) is 9.90. The molecular formula is C13H11ClN2OS2. The van der Waals surface area contributed by atoms with E-state index in [4.69, 9.17) is 23.8 Å². The normalized spacial score (nSPS) is 14.4. The zero-order chi connectivity index (χ0) is 13.4. The highest BCUT2D eigenvalue weighted by atomic mass is 35.5. The molecule has 1 aliphatic rings. The molecule has 1 aromatic carbocycles. The van der Waals surface area contributed by atoms with Gasteiger partial charge >= 0.3 is 0 Å². The van der Waals surface area contributed by atoms with Crippen molar-refractivity contribution in [2.75, 3.05) is 0 Å². The number of hydrogen-bond donors (Lipinski definition) is 2. The van der Waals surface area contributed by atoms with Gasteiger partial charge in [0.15, 0.2) is 5.11 Å². The summed E-state index contributed by atoms with van der Waals surface area (Å²) < 4.78 is 0.999. The van der Waals surface area contributed by atoms with Gasteiger partial charge in [-0.25, -0.2) is 0 Å². The number of fused-ring (bicyclic) bond motifs is 1. The molecule has 3 rings (SSSR count). The number of halogens is 1. The van der Waals surface area contributed by atoms with E-state index in [1.807, 2.05) is 24.3 Å². The Bertz CT molecular complexity index is 664. The van der Waals surface area contributed by atoms with Crippen molar-refractivity contribution in [1.29, 1.82) is 0 Å². The highest BCUT2D eigenvalue weighted by molar-refractivity contribution is 7.80. The molecule has 3 nitrogen and oxygen atoms in total. The molecule has 1 aliphatic carbocycles. The standard InChI is InChI=1S/C13H11ClN2OS2/c14-10-8-3-1-2-4-9(8)19-11(10)12(17)16-13(18)15-7-5-6-7/h1-4,7H,5-6H2,(H2,15,16,17,18). The molecule has 1 saturated carbocycles. The van der Waals surface area contributed by atoms with E-state index < -0.39 is 0 Å². The van der Waals surface area contributed by atoms with Gasteiger partial charge in [-0.15, -0.1) is 11.3 Å². The van der Waals surface area contributed by atoms with Crippen molar-refractivity contribution in [2.24, 2.45) is 0 Å². The minimum absolute atomic E-state index is 0.246. The second-order valence-corrected chi connectivity index (χ2v) is 6.28. The van der Waals surface area contributed by atoms with Gasteiger partial charge < -0.3 is 5.32 Å². The van der Waals surface area contributed by atoms with Crippen molar-refractivity contribution >= 4 is 56.3 Å². The zero-order valence-corrected chi connectivity index (χ0v) is 12.3. The van der Waals surface area contributed by atoms with E-state index in [2.05, 4.69) is 10.6 Å². The van der Waals surface area contributed by atoms with Crippen LogP contribution in [0.1, 0.15) is 22.5 Å². The number of nitrogens with one attached hydrogen (secondary N) is 2. The van der Waals surface area contributed by atoms with Crippen LogP contribution in [0.3, 0.4) is 0 Å². The first-order chi connectivity index (χ1) is 9.15. The van der Waals surface area contributed by atoms with Crippen LogP contribution in [0.25, 0.3) is 10.1 Å². The molecule has 1 heterocycles. The fraction of sp³-hybridized carbons (Fsp3) is 0.231. The first-order valence-electron chi connectivity index (χ1n) is 5.94. The van der Waals surface area contributed by atoms with Crippen LogP contribution in [-0.4, -0.2) is 17.1 Å². The molecule has 2 N–H and O–H groups in total. The van der Waals surface area contributed by atoms with Crippen molar-refractivity contribution in [1.82, 2.24) is 10.6 Å². The van der Waals surface area contributed by atoms with Gasteiger partial charge in [0.05, 0.1) is 5.02 Å². The lowest BCUT2D eigenvalue weighted by Gasteiger charge is -2.07. The van der Waals surface area contributed by atoms with Crippen LogP contribution in [0.2, 0.25) is 5.02 Å². The largest absolute Gasteiger partial charge is 0.360 e. The Morgan fingerprint density at radius 3 is 2.79 bits per heavy atom. The summed E-state index contributed by atoms with van der Waals surface area (Å²) in [6.45, 7) is 0. The lowest BCUT2D eigenvalue weighted by atomic mass is 10.2. The summed E-state index contributed by atoms with van der Waals surface area (Å²) in [6, 6.07) is 8.11. The molecule has 1 aromatic heterocycles. The molecule has 0 aliphatic heterocycles. The van der Waals surface area contributed by atoms with Crippen LogP contribution in [0.4, 0.5) is 0 Å². The minimum Gasteiger partial charge on any atom is -0.360 e. The fourth-order valence-corrected chi connectivity index (χ4v) is 3.44. The average molecular weight is 311 g/mol. The van der Waals surface area contributed by atoms with Crippen molar-refractivity contribution in [2.45, 2.75) is 18.9 Å². The maximum atomic E-state index is 12.1. The Labute approximate surface area is 124 Å². The fourth-order valence-electron chi connectivity index (χ4n) is 1.77. The number of rotatable bonds is 2. The van der Waals surface area contributed by atoms with E-state index in [0.717, 1.165) is 22.9 Å². The van der Waals surface area contributed by atoms with Gasteiger partial charge in [0, 0.05) is 16.1 Å². The Kier molecular flexibility index (Phi) is 3.43. The first kappa shape index (κ1) is 12.8. The monoisotopic (exact) mass is 310 g/mol. The van der Waals surface area contributed by atoms with Crippen LogP contribution < -0.4 is 10.6 Å². The second kappa shape index (κ2) is 5.07. The van der Waals surface area contributed by atoms with E-state index >= 15 is 0 Å². The molecule has 1 fully saturated rings. The highest BCUT2D eigenvalue weighted by Crippen LogP contribution is 2.34. The summed E-state index contributed by atoms with van der Waals surface area (Å²) in [5, 5.41) is 7.52. The van der Waals surface area contributed by atoms with Crippen LogP contribution in [-0.2, 0) is 0 Å². The van der Waals surface area contributed by atoms with Crippen LogP contribution in [0, 0.1) is 0 Å². The van der Waals surface area contributed by atoms with Crippen LogP contribution in [0.5, 0.6) is 0 Å². The van der Waals surface area contributed by atoms with Gasteiger partial charge in [0.2, 0.25) is 0 Å². The quantitative estimate of drug-likeness (QED) is 0.836. The second-order valence-electron chi connectivity index (χ2n) is 4.44. The molecule has 0 bridgehead atoms. The third-order valence-electron chi connectivity index (χ3n) is 2.88. The van der Waals surface area contributed by atoms with Gasteiger partial charge in [-0.3, -0.25) is 10.1 Å². The number of thiophene rings is 1. The molecule has 19 heavy (non-hydrogen) atoms. The maximum Gasteiger partial charge on any atom is 0.269 e. The molecule has 6 heteroatoms. The molecule has 0 radical (unpaired) electrons. The summed E-state index contributed by atoms with van der Waals surface area (Å²) in [7, 11) is 0. The molecule has 0 atom stereocenters. The molecule has 0 saturated heterocycles. The van der Waals surface area contributed by atoms with E-state index in [9.17, 15) is 4.79 Å². The Morgan fingerprint density at radius 2 is 2.11 bits per heavy atom. The lowest BCUT2D eigenvalue weighted by Crippen LogP contribution is -2.40. The third kappa shape index (κ3) is 2.73. The summed E-state index contributed by atoms with van der Waals surface area (Å²) in [5.41, 5.74) is 0. The smallest absolute Gasteiger partial charge is 0.269 e. The molecule has 98 valence electrons. The van der Waals surface area contributed by atoms with E-state index in [-0.39, 0.29) is 5.91 Å². The molecule has 0 spiro atoms. The van der Waals surface area contributed by atoms with Gasteiger partial charge in [-0.05, 0) is 31.1 Å². The molecule has 2 aromatic rings. The Morgan fingerprint density at radius 1 is 1.37 bits per heavy atom. The minimum atomic E-state index is -0.246. The van der Waals surface area contributed by atoms with Gasteiger partial charge in [-0.1, -0.05) is 29.8 Å². The van der Waals surface area contributed by atoms with Crippen LogP contribution >= 0.6 is 35.2 Å². The predicted molar refractivity (Wildman–Crippen MR) is 83.1 cm³/mol. The Hall–Kier alpha value is -1.17. The summed E-state index contributed by atoms with van der Waals surface area (Å²) in [5.74, 6) is -0.246. The average Bonchev–Trinajstić information content (AvgIpc) is 3.12. The van der Waals surface area contributed by atoms with Gasteiger partial charge in [-0.2, -0.15) is 0 Å². The van der Waals surface area contributed by atoms with Gasteiger partial charge in [0.1, 0.15) is 4.88 Å². The number of amides is 1. The third-order valence-corrected chi connectivity index (χ3v) is 4.77. The SMILES string of the molecule is O=C(NC(=S)NC1CC1)c1sc2ccccc2c1Cl. The van der Waals surface area contributed by atoms with E-state index in [0.29, 0.717) is 21.1 Å². The highest BCUT2D eigenvalue weighted by Gasteiger charge is 2.23. The number of thiocarbonyl (C=S) groups is 1. The topological polar surface area (TPSA) is 41.1 Å². The maximum absolute atomic E-state index is 12.1. The molecular weight excluding hydrogens is 300 g/mol. The lowest BCUT2D eigenvalue weighted by molar-refractivity contribution is 0.0981. The van der Waals surface area contributed by atoms with Crippen molar-refractivity contribution in [3.63, 3.8) is 0 Å². The first-order valence-corrected chi connectivity index (χ1v) is 7.54.